The summed E-state index contributed by atoms with van der Waals surface area (Å²) in [6, 6.07) is 5.96. The normalized spacial score (nSPS) is 10.9. The molecule has 0 saturated carbocycles. The summed E-state index contributed by atoms with van der Waals surface area (Å²) in [4.78, 5) is 12.8. The van der Waals surface area contributed by atoms with E-state index in [0.29, 0.717) is 11.8 Å². The Morgan fingerprint density at radius 1 is 1.10 bits per heavy atom. The largest absolute Gasteiger partial charge is 0.373 e. The number of fused-ring (bicyclic) bond motifs is 1. The maximum Gasteiger partial charge on any atom is 0.207 e. The summed E-state index contributed by atoms with van der Waals surface area (Å²) in [7, 11) is 1.81. The highest BCUT2D eigenvalue weighted by atomic mass is 15.2. The molecule has 20 heavy (non-hydrogen) atoms. The van der Waals surface area contributed by atoms with Gasteiger partial charge in [0.15, 0.2) is 0 Å². The number of nitrogens with zero attached hydrogens (tertiary/aromatic N) is 4. The maximum atomic E-state index is 6.05. The van der Waals surface area contributed by atoms with Gasteiger partial charge in [-0.3, -0.25) is 4.57 Å². The standard InChI is InChI=1S/C14H16N6/c1-8-4-10-11(5-9(8)2)20(14(15)19-10)13-6-12(16-3)17-7-18-13/h4-7H,1-3H3,(H2,15,19)(H,16,17,18). The first-order valence-corrected chi connectivity index (χ1v) is 6.35. The van der Waals surface area contributed by atoms with Crippen LogP contribution >= 0.6 is 0 Å². The van der Waals surface area contributed by atoms with Gasteiger partial charge in [0.2, 0.25) is 5.95 Å². The first-order valence-electron chi connectivity index (χ1n) is 6.35. The Morgan fingerprint density at radius 2 is 1.85 bits per heavy atom. The van der Waals surface area contributed by atoms with E-state index >= 15 is 0 Å². The zero-order valence-corrected chi connectivity index (χ0v) is 11.7. The molecule has 1 aromatic carbocycles. The van der Waals surface area contributed by atoms with Crippen molar-refractivity contribution in [3.63, 3.8) is 0 Å². The topological polar surface area (TPSA) is 81.7 Å². The summed E-state index contributed by atoms with van der Waals surface area (Å²) in [5.41, 5.74) is 10.3. The number of imidazole rings is 1. The number of nitrogens with two attached hydrogens (primary N) is 1. The molecule has 0 aliphatic heterocycles. The van der Waals surface area contributed by atoms with Crippen LogP contribution < -0.4 is 11.1 Å². The van der Waals surface area contributed by atoms with Gasteiger partial charge in [-0.1, -0.05) is 0 Å². The van der Waals surface area contributed by atoms with Gasteiger partial charge in [0.25, 0.3) is 0 Å². The van der Waals surface area contributed by atoms with Crippen molar-refractivity contribution >= 4 is 22.8 Å². The molecule has 0 bridgehead atoms. The summed E-state index contributed by atoms with van der Waals surface area (Å²) in [5.74, 6) is 1.86. The Hall–Kier alpha value is -2.63. The molecule has 3 N–H and O–H groups in total. The van der Waals surface area contributed by atoms with Crippen LogP contribution in [0.15, 0.2) is 24.5 Å². The molecule has 6 heteroatoms. The molecule has 2 aromatic heterocycles. The predicted molar refractivity (Wildman–Crippen MR) is 80.1 cm³/mol. The third kappa shape index (κ3) is 1.85. The zero-order valence-electron chi connectivity index (χ0n) is 11.7. The van der Waals surface area contributed by atoms with Crippen molar-refractivity contribution in [3.05, 3.63) is 35.7 Å². The van der Waals surface area contributed by atoms with E-state index in [0.717, 1.165) is 16.9 Å². The van der Waals surface area contributed by atoms with Gasteiger partial charge in [0, 0.05) is 13.1 Å². The number of hydrogen-bond acceptors (Lipinski definition) is 5. The van der Waals surface area contributed by atoms with E-state index in [1.807, 2.05) is 23.7 Å². The quantitative estimate of drug-likeness (QED) is 0.743. The first kappa shape index (κ1) is 12.4. The molecule has 6 nitrogen and oxygen atoms in total. The van der Waals surface area contributed by atoms with Crippen molar-refractivity contribution in [2.75, 3.05) is 18.1 Å². The molecule has 0 aliphatic rings. The lowest BCUT2D eigenvalue weighted by Gasteiger charge is -2.07. The van der Waals surface area contributed by atoms with Crippen LogP contribution in [0.25, 0.3) is 16.9 Å². The minimum absolute atomic E-state index is 0.422. The van der Waals surface area contributed by atoms with E-state index in [2.05, 4.69) is 40.2 Å². The molecular formula is C14H16N6. The molecule has 102 valence electrons. The van der Waals surface area contributed by atoms with Gasteiger partial charge < -0.3 is 11.1 Å². The van der Waals surface area contributed by atoms with Crippen molar-refractivity contribution in [3.8, 4) is 5.82 Å². The molecule has 0 saturated heterocycles. The highest BCUT2D eigenvalue weighted by Crippen LogP contribution is 2.25. The van der Waals surface area contributed by atoms with Crippen LogP contribution in [0.4, 0.5) is 11.8 Å². The van der Waals surface area contributed by atoms with E-state index in [1.54, 1.807) is 0 Å². The molecule has 3 rings (SSSR count). The Morgan fingerprint density at radius 3 is 2.60 bits per heavy atom. The van der Waals surface area contributed by atoms with E-state index in [9.17, 15) is 0 Å². The number of aromatic nitrogens is 4. The highest BCUT2D eigenvalue weighted by Gasteiger charge is 2.12. The summed E-state index contributed by atoms with van der Waals surface area (Å²) in [6.45, 7) is 4.13. The minimum atomic E-state index is 0.422. The van der Waals surface area contributed by atoms with Crippen LogP contribution in [0.3, 0.4) is 0 Å². The maximum absolute atomic E-state index is 6.05. The molecular weight excluding hydrogens is 252 g/mol. The van der Waals surface area contributed by atoms with E-state index in [-0.39, 0.29) is 0 Å². The van der Waals surface area contributed by atoms with Crippen LogP contribution in [0.2, 0.25) is 0 Å². The van der Waals surface area contributed by atoms with Crippen molar-refractivity contribution in [2.45, 2.75) is 13.8 Å². The second kappa shape index (κ2) is 4.48. The number of rotatable bonds is 2. The fraction of sp³-hybridized carbons (Fsp3) is 0.214. The van der Waals surface area contributed by atoms with E-state index in [4.69, 9.17) is 5.73 Å². The Labute approximate surface area is 116 Å². The second-order valence-corrected chi connectivity index (χ2v) is 4.74. The van der Waals surface area contributed by atoms with Gasteiger partial charge in [-0.2, -0.15) is 0 Å². The van der Waals surface area contributed by atoms with Gasteiger partial charge in [-0.25, -0.2) is 15.0 Å². The lowest BCUT2D eigenvalue weighted by molar-refractivity contribution is 1.01. The number of aryl methyl sites for hydroxylation is 2. The number of nitrogens with one attached hydrogen (secondary N) is 1. The van der Waals surface area contributed by atoms with E-state index in [1.165, 1.54) is 17.5 Å². The first-order chi connectivity index (χ1) is 9.60. The van der Waals surface area contributed by atoms with Crippen molar-refractivity contribution in [1.29, 1.82) is 0 Å². The lowest BCUT2D eigenvalue weighted by atomic mass is 10.1. The zero-order chi connectivity index (χ0) is 14.3. The van der Waals surface area contributed by atoms with Gasteiger partial charge in [0.05, 0.1) is 11.0 Å². The van der Waals surface area contributed by atoms with Crippen LogP contribution in [-0.4, -0.2) is 26.6 Å². The molecule has 0 aliphatic carbocycles. The van der Waals surface area contributed by atoms with Crippen LogP contribution in [0, 0.1) is 13.8 Å². The molecule has 0 amide bonds. The molecule has 0 radical (unpaired) electrons. The minimum Gasteiger partial charge on any atom is -0.373 e. The molecule has 0 fully saturated rings. The Kier molecular flexibility index (Phi) is 2.78. The number of anilines is 2. The molecule has 0 unspecified atom stereocenters. The predicted octanol–water partition coefficient (Wildman–Crippen LogP) is 2.06. The van der Waals surface area contributed by atoms with Gasteiger partial charge in [0.1, 0.15) is 18.0 Å². The Balaban J connectivity index is 2.29. The van der Waals surface area contributed by atoms with Gasteiger partial charge in [-0.15, -0.1) is 0 Å². The molecule has 0 spiro atoms. The fourth-order valence-electron chi connectivity index (χ4n) is 2.20. The van der Waals surface area contributed by atoms with Gasteiger partial charge in [-0.05, 0) is 37.1 Å². The summed E-state index contributed by atoms with van der Waals surface area (Å²) in [6.07, 6.45) is 1.51. The van der Waals surface area contributed by atoms with Crippen LogP contribution in [-0.2, 0) is 0 Å². The third-order valence-electron chi connectivity index (χ3n) is 3.43. The smallest absolute Gasteiger partial charge is 0.207 e. The number of nitrogen functional groups attached to an aromatic ring is 1. The molecule has 2 heterocycles. The van der Waals surface area contributed by atoms with Crippen molar-refractivity contribution < 1.29 is 0 Å². The van der Waals surface area contributed by atoms with Gasteiger partial charge >= 0.3 is 0 Å². The second-order valence-electron chi connectivity index (χ2n) is 4.74. The van der Waals surface area contributed by atoms with Crippen LogP contribution in [0.1, 0.15) is 11.1 Å². The summed E-state index contributed by atoms with van der Waals surface area (Å²) in [5, 5.41) is 2.99. The average Bonchev–Trinajstić information content (AvgIpc) is 2.74. The van der Waals surface area contributed by atoms with Crippen molar-refractivity contribution in [1.82, 2.24) is 19.5 Å². The number of hydrogen-bond donors (Lipinski definition) is 2. The molecule has 0 atom stereocenters. The lowest BCUT2D eigenvalue weighted by Crippen LogP contribution is -2.04. The third-order valence-corrected chi connectivity index (χ3v) is 3.43. The number of benzene rings is 1. The van der Waals surface area contributed by atoms with E-state index < -0.39 is 0 Å². The summed E-state index contributed by atoms with van der Waals surface area (Å²) >= 11 is 0. The fourth-order valence-corrected chi connectivity index (χ4v) is 2.20. The SMILES string of the molecule is CNc1cc(-n2c(N)nc3cc(C)c(C)cc32)ncn1. The monoisotopic (exact) mass is 268 g/mol. The van der Waals surface area contributed by atoms with Crippen LogP contribution in [0.5, 0.6) is 0 Å². The molecule has 3 aromatic rings. The van der Waals surface area contributed by atoms with Crippen molar-refractivity contribution in [2.24, 2.45) is 0 Å². The Bertz CT molecular complexity index is 790. The summed E-state index contributed by atoms with van der Waals surface area (Å²) < 4.78 is 1.84. The highest BCUT2D eigenvalue weighted by molar-refractivity contribution is 5.82. The average molecular weight is 268 g/mol.